The zero-order valence-corrected chi connectivity index (χ0v) is 10.9. The molecule has 1 atom stereocenters. The smallest absolute Gasteiger partial charge is 0.225 e. The number of hydrogen-bond acceptors (Lipinski definition) is 2. The highest BCUT2D eigenvalue weighted by Gasteiger charge is 2.35. The first-order valence-electron chi connectivity index (χ1n) is 6.66. The van der Waals surface area contributed by atoms with E-state index < -0.39 is 0 Å². The van der Waals surface area contributed by atoms with E-state index in [2.05, 4.69) is 20.8 Å². The molecule has 0 bridgehead atoms. The monoisotopic (exact) mass is 226 g/mol. The molecule has 3 nitrogen and oxygen atoms in total. The van der Waals surface area contributed by atoms with Gasteiger partial charge in [-0.15, -0.1) is 0 Å². The van der Waals surface area contributed by atoms with E-state index in [0.717, 1.165) is 12.8 Å². The second-order valence-electron chi connectivity index (χ2n) is 4.92. The predicted octanol–water partition coefficient (Wildman–Crippen LogP) is 2.01. The summed E-state index contributed by atoms with van der Waals surface area (Å²) < 4.78 is 0. The largest absolute Gasteiger partial charge is 0.338 e. The molecule has 0 spiro atoms. The van der Waals surface area contributed by atoms with E-state index in [4.69, 9.17) is 5.73 Å². The number of carbonyl (C=O) groups is 1. The van der Waals surface area contributed by atoms with Gasteiger partial charge in [0, 0.05) is 25.0 Å². The lowest BCUT2D eigenvalue weighted by molar-refractivity contribution is -0.138. The van der Waals surface area contributed by atoms with Crippen molar-refractivity contribution in [2.75, 3.05) is 13.1 Å². The van der Waals surface area contributed by atoms with Gasteiger partial charge in [0.05, 0.1) is 0 Å². The van der Waals surface area contributed by atoms with Crippen LogP contribution in [0.4, 0.5) is 0 Å². The topological polar surface area (TPSA) is 46.3 Å². The van der Waals surface area contributed by atoms with E-state index in [9.17, 15) is 4.79 Å². The van der Waals surface area contributed by atoms with Crippen LogP contribution in [0.1, 0.15) is 46.5 Å². The first-order valence-corrected chi connectivity index (χ1v) is 6.66. The van der Waals surface area contributed by atoms with Crippen LogP contribution in [-0.2, 0) is 4.79 Å². The van der Waals surface area contributed by atoms with Gasteiger partial charge in [0.15, 0.2) is 0 Å². The van der Waals surface area contributed by atoms with E-state index in [-0.39, 0.29) is 5.92 Å². The molecule has 0 saturated heterocycles. The van der Waals surface area contributed by atoms with Crippen LogP contribution in [0.25, 0.3) is 0 Å². The summed E-state index contributed by atoms with van der Waals surface area (Å²) in [6, 6.07) is 0.372. The van der Waals surface area contributed by atoms with Crippen molar-refractivity contribution in [3.8, 4) is 0 Å². The molecule has 0 aromatic heterocycles. The Morgan fingerprint density at radius 1 is 1.38 bits per heavy atom. The first-order chi connectivity index (χ1) is 7.65. The zero-order valence-electron chi connectivity index (χ0n) is 10.9. The molecule has 1 fully saturated rings. The van der Waals surface area contributed by atoms with Crippen LogP contribution in [0.2, 0.25) is 0 Å². The minimum absolute atomic E-state index is 0.201. The molecule has 94 valence electrons. The molecule has 0 aromatic rings. The molecule has 3 heteroatoms. The van der Waals surface area contributed by atoms with Gasteiger partial charge in [-0.2, -0.15) is 0 Å². The van der Waals surface area contributed by atoms with Crippen molar-refractivity contribution in [1.29, 1.82) is 0 Å². The Morgan fingerprint density at radius 3 is 2.31 bits per heavy atom. The maximum absolute atomic E-state index is 12.3. The Morgan fingerprint density at radius 2 is 1.94 bits per heavy atom. The maximum atomic E-state index is 12.3. The van der Waals surface area contributed by atoms with Crippen LogP contribution in [0.5, 0.6) is 0 Å². The molecule has 0 aliphatic heterocycles. The summed E-state index contributed by atoms with van der Waals surface area (Å²) in [4.78, 5) is 14.4. The highest BCUT2D eigenvalue weighted by atomic mass is 16.2. The van der Waals surface area contributed by atoms with Gasteiger partial charge in [0.25, 0.3) is 0 Å². The third-order valence-electron chi connectivity index (χ3n) is 3.75. The number of amides is 1. The summed E-state index contributed by atoms with van der Waals surface area (Å²) in [6.45, 7) is 7.65. The van der Waals surface area contributed by atoms with Gasteiger partial charge in [0.1, 0.15) is 0 Å². The van der Waals surface area contributed by atoms with Crippen molar-refractivity contribution in [3.63, 3.8) is 0 Å². The van der Waals surface area contributed by atoms with Gasteiger partial charge in [-0.1, -0.05) is 20.8 Å². The van der Waals surface area contributed by atoms with E-state index in [0.29, 0.717) is 31.0 Å². The SMILES string of the molecule is CCC(CC)N(CCN)C(=O)C(C)C1CC1. The van der Waals surface area contributed by atoms with Crippen LogP contribution in [0.15, 0.2) is 0 Å². The molecular formula is C13H26N2O. The van der Waals surface area contributed by atoms with Crippen LogP contribution in [-0.4, -0.2) is 29.9 Å². The molecule has 1 amide bonds. The normalized spacial score (nSPS) is 17.6. The zero-order chi connectivity index (χ0) is 12.1. The fourth-order valence-electron chi connectivity index (χ4n) is 2.40. The number of nitrogens with two attached hydrogens (primary N) is 1. The maximum Gasteiger partial charge on any atom is 0.225 e. The van der Waals surface area contributed by atoms with Crippen LogP contribution in [0.3, 0.4) is 0 Å². The quantitative estimate of drug-likeness (QED) is 0.722. The lowest BCUT2D eigenvalue weighted by Crippen LogP contribution is -2.45. The van der Waals surface area contributed by atoms with Crippen molar-refractivity contribution < 1.29 is 4.79 Å². The minimum Gasteiger partial charge on any atom is -0.338 e. The summed E-state index contributed by atoms with van der Waals surface area (Å²) in [5, 5.41) is 0. The van der Waals surface area contributed by atoms with Crippen molar-refractivity contribution in [1.82, 2.24) is 4.90 Å². The molecular weight excluding hydrogens is 200 g/mol. The second kappa shape index (κ2) is 6.24. The lowest BCUT2D eigenvalue weighted by atomic mass is 10.0. The summed E-state index contributed by atoms with van der Waals surface area (Å²) >= 11 is 0. The molecule has 1 unspecified atom stereocenters. The summed E-state index contributed by atoms with van der Waals surface area (Å²) in [7, 11) is 0. The van der Waals surface area contributed by atoms with Gasteiger partial charge in [-0.25, -0.2) is 0 Å². The van der Waals surface area contributed by atoms with Gasteiger partial charge in [-0.3, -0.25) is 4.79 Å². The Labute approximate surface area is 99.4 Å². The molecule has 16 heavy (non-hydrogen) atoms. The third kappa shape index (κ3) is 3.21. The summed E-state index contributed by atoms with van der Waals surface area (Å²) in [6.07, 6.45) is 4.51. The molecule has 1 aliphatic rings. The summed E-state index contributed by atoms with van der Waals surface area (Å²) in [5.74, 6) is 1.16. The molecule has 0 radical (unpaired) electrons. The van der Waals surface area contributed by atoms with Crippen molar-refractivity contribution >= 4 is 5.91 Å². The summed E-state index contributed by atoms with van der Waals surface area (Å²) in [5.41, 5.74) is 5.61. The molecule has 0 heterocycles. The Bertz CT molecular complexity index is 222. The number of hydrogen-bond donors (Lipinski definition) is 1. The average Bonchev–Trinajstić information content (AvgIpc) is 3.11. The Hall–Kier alpha value is -0.570. The average molecular weight is 226 g/mol. The van der Waals surface area contributed by atoms with Crippen molar-refractivity contribution in [2.24, 2.45) is 17.6 Å². The first kappa shape index (κ1) is 13.5. The molecule has 1 saturated carbocycles. The van der Waals surface area contributed by atoms with Gasteiger partial charge in [0.2, 0.25) is 5.91 Å². The third-order valence-corrected chi connectivity index (χ3v) is 3.75. The van der Waals surface area contributed by atoms with E-state index in [1.165, 1.54) is 12.8 Å². The number of rotatable bonds is 7. The lowest BCUT2D eigenvalue weighted by Gasteiger charge is -2.32. The van der Waals surface area contributed by atoms with Gasteiger partial charge in [-0.05, 0) is 31.6 Å². The van der Waals surface area contributed by atoms with E-state index in [1.54, 1.807) is 0 Å². The van der Waals surface area contributed by atoms with E-state index >= 15 is 0 Å². The highest BCUT2D eigenvalue weighted by Crippen LogP contribution is 2.37. The molecule has 2 N–H and O–H groups in total. The van der Waals surface area contributed by atoms with E-state index in [1.807, 2.05) is 4.90 Å². The van der Waals surface area contributed by atoms with Crippen molar-refractivity contribution in [3.05, 3.63) is 0 Å². The molecule has 0 aromatic carbocycles. The number of nitrogens with zero attached hydrogens (tertiary/aromatic N) is 1. The standard InChI is InChI=1S/C13H26N2O/c1-4-12(5-2)15(9-8-14)13(16)10(3)11-6-7-11/h10-12H,4-9,14H2,1-3H3. The second-order valence-corrected chi connectivity index (χ2v) is 4.92. The predicted molar refractivity (Wildman–Crippen MR) is 67.0 cm³/mol. The minimum atomic E-state index is 0.201. The highest BCUT2D eigenvalue weighted by molar-refractivity contribution is 5.79. The van der Waals surface area contributed by atoms with Crippen LogP contribution < -0.4 is 5.73 Å². The van der Waals surface area contributed by atoms with Crippen LogP contribution >= 0.6 is 0 Å². The molecule has 1 aliphatic carbocycles. The van der Waals surface area contributed by atoms with Crippen molar-refractivity contribution in [2.45, 2.75) is 52.5 Å². The Balaban J connectivity index is 2.62. The molecule has 1 rings (SSSR count). The number of carbonyl (C=O) groups excluding carboxylic acids is 1. The fraction of sp³-hybridized carbons (Fsp3) is 0.923. The van der Waals surface area contributed by atoms with Crippen LogP contribution in [0, 0.1) is 11.8 Å². The van der Waals surface area contributed by atoms with Gasteiger partial charge >= 0.3 is 0 Å². The van der Waals surface area contributed by atoms with Gasteiger partial charge < -0.3 is 10.6 Å². The fourth-order valence-corrected chi connectivity index (χ4v) is 2.40. The Kier molecular flexibility index (Phi) is 5.26.